The van der Waals surface area contributed by atoms with E-state index < -0.39 is 31.5 Å². The zero-order valence-corrected chi connectivity index (χ0v) is 16.8. The number of halogens is 4. The Balaban J connectivity index is 2.25. The van der Waals surface area contributed by atoms with Gasteiger partial charge in [0, 0.05) is 25.0 Å². The summed E-state index contributed by atoms with van der Waals surface area (Å²) >= 11 is 0. The van der Waals surface area contributed by atoms with E-state index >= 15 is 0 Å². The van der Waals surface area contributed by atoms with Crippen LogP contribution in [0.3, 0.4) is 0 Å². The molecule has 0 saturated carbocycles. The quantitative estimate of drug-likeness (QED) is 0.752. The lowest BCUT2D eigenvalue weighted by atomic mass is 9.94. The molecule has 1 unspecified atom stereocenters. The molecule has 1 fully saturated rings. The molecule has 2 rings (SSSR count). The monoisotopic (exact) mass is 424 g/mol. The van der Waals surface area contributed by atoms with E-state index in [1.54, 1.807) is 20.8 Å². The number of benzene rings is 1. The van der Waals surface area contributed by atoms with Crippen molar-refractivity contribution in [2.75, 3.05) is 24.5 Å². The van der Waals surface area contributed by atoms with Crippen molar-refractivity contribution in [3.63, 3.8) is 0 Å². The first-order valence-electron chi connectivity index (χ1n) is 8.87. The molecule has 1 aromatic carbocycles. The molecule has 1 N–H and O–H groups in total. The number of amides is 1. The molecule has 1 saturated heterocycles. The predicted octanol–water partition coefficient (Wildman–Crippen LogP) is 3.50. The molecule has 0 aliphatic carbocycles. The Morgan fingerprint density at radius 3 is 2.46 bits per heavy atom. The highest BCUT2D eigenvalue weighted by molar-refractivity contribution is 7.92. The van der Waals surface area contributed by atoms with Gasteiger partial charge >= 0.3 is 5.51 Å². The second-order valence-electron chi connectivity index (χ2n) is 7.98. The predicted molar refractivity (Wildman–Crippen MR) is 97.0 cm³/mol. The van der Waals surface area contributed by atoms with Gasteiger partial charge in [-0.3, -0.25) is 4.79 Å². The molecular formula is C18H24F4N2O3S. The summed E-state index contributed by atoms with van der Waals surface area (Å²) in [5.74, 6) is -1.27. The Kier molecular flexibility index (Phi) is 6.32. The lowest BCUT2D eigenvalue weighted by Crippen LogP contribution is -2.44. The molecule has 5 nitrogen and oxygen atoms in total. The first kappa shape index (κ1) is 22.4. The average Bonchev–Trinajstić information content (AvgIpc) is 2.58. The molecular weight excluding hydrogens is 400 g/mol. The molecule has 1 aliphatic rings. The molecule has 0 radical (unpaired) electrons. The lowest BCUT2D eigenvalue weighted by Gasteiger charge is -2.36. The summed E-state index contributed by atoms with van der Waals surface area (Å²) in [5.41, 5.74) is -6.27. The van der Waals surface area contributed by atoms with Crippen LogP contribution < -0.4 is 10.2 Å². The number of alkyl halides is 3. The summed E-state index contributed by atoms with van der Waals surface area (Å²) in [6.07, 6.45) is 1.35. The minimum Gasteiger partial charge on any atom is -0.370 e. The highest BCUT2D eigenvalue weighted by Crippen LogP contribution is 2.37. The maximum absolute atomic E-state index is 13.5. The fourth-order valence-electron chi connectivity index (χ4n) is 3.04. The topological polar surface area (TPSA) is 66.5 Å². The Morgan fingerprint density at radius 2 is 1.89 bits per heavy atom. The van der Waals surface area contributed by atoms with E-state index in [0.29, 0.717) is 25.6 Å². The van der Waals surface area contributed by atoms with E-state index in [4.69, 9.17) is 0 Å². The maximum atomic E-state index is 13.5. The van der Waals surface area contributed by atoms with Gasteiger partial charge in [0.05, 0.1) is 5.69 Å². The summed E-state index contributed by atoms with van der Waals surface area (Å²) in [4.78, 5) is 12.4. The van der Waals surface area contributed by atoms with Crippen molar-refractivity contribution in [2.45, 2.75) is 44.0 Å². The van der Waals surface area contributed by atoms with E-state index in [0.717, 1.165) is 18.6 Å². The third kappa shape index (κ3) is 4.95. The normalized spacial score (nSPS) is 18.8. The SMILES string of the molecule is CC(C)(C)C(=O)NCC1CCCN(c2ccc(F)cc2S(=O)(=O)C(F)(F)F)C1. The minimum absolute atomic E-state index is 0.0634. The molecule has 1 aromatic rings. The summed E-state index contributed by atoms with van der Waals surface area (Å²) in [7, 11) is -5.69. The fourth-order valence-corrected chi connectivity index (χ4v) is 4.03. The highest BCUT2D eigenvalue weighted by Gasteiger charge is 2.48. The van der Waals surface area contributed by atoms with Crippen molar-refractivity contribution in [1.29, 1.82) is 0 Å². The van der Waals surface area contributed by atoms with Crippen LogP contribution >= 0.6 is 0 Å². The van der Waals surface area contributed by atoms with Gasteiger partial charge in [-0.15, -0.1) is 0 Å². The number of nitrogens with one attached hydrogen (secondary N) is 1. The van der Waals surface area contributed by atoms with Gasteiger partial charge < -0.3 is 10.2 Å². The van der Waals surface area contributed by atoms with Crippen LogP contribution in [0, 0.1) is 17.2 Å². The van der Waals surface area contributed by atoms with Gasteiger partial charge in [-0.05, 0) is 37.0 Å². The van der Waals surface area contributed by atoms with Crippen LogP contribution in [0.25, 0.3) is 0 Å². The number of anilines is 1. The number of rotatable bonds is 4. The zero-order valence-electron chi connectivity index (χ0n) is 15.9. The second kappa shape index (κ2) is 7.88. The molecule has 158 valence electrons. The van der Waals surface area contributed by atoms with Crippen molar-refractivity contribution in [2.24, 2.45) is 11.3 Å². The van der Waals surface area contributed by atoms with Gasteiger partial charge in [-0.25, -0.2) is 12.8 Å². The van der Waals surface area contributed by atoms with Gasteiger partial charge in [0.25, 0.3) is 9.84 Å². The van der Waals surface area contributed by atoms with Crippen LogP contribution in [-0.2, 0) is 14.6 Å². The zero-order chi connectivity index (χ0) is 21.3. The molecule has 0 aromatic heterocycles. The van der Waals surface area contributed by atoms with Crippen LogP contribution in [0.15, 0.2) is 23.1 Å². The fraction of sp³-hybridized carbons (Fsp3) is 0.611. The number of hydrogen-bond donors (Lipinski definition) is 1. The first-order valence-corrected chi connectivity index (χ1v) is 10.4. The number of carbonyl (C=O) groups is 1. The maximum Gasteiger partial charge on any atom is 0.501 e. The Labute approximate surface area is 162 Å². The molecule has 0 bridgehead atoms. The molecule has 0 spiro atoms. The summed E-state index contributed by atoms with van der Waals surface area (Å²) < 4.78 is 76.4. The van der Waals surface area contributed by atoms with E-state index in [2.05, 4.69) is 5.32 Å². The third-order valence-electron chi connectivity index (χ3n) is 4.61. The molecule has 1 amide bonds. The smallest absolute Gasteiger partial charge is 0.370 e. The van der Waals surface area contributed by atoms with Gasteiger partial charge in [0.2, 0.25) is 5.91 Å². The average molecular weight is 424 g/mol. The van der Waals surface area contributed by atoms with Crippen molar-refractivity contribution >= 4 is 21.4 Å². The standard InChI is InChI=1S/C18H24F4N2O3S/c1-17(2,3)16(25)23-10-12-5-4-8-24(11-12)14-7-6-13(19)9-15(14)28(26,27)18(20,21)22/h6-7,9,12H,4-5,8,10-11H2,1-3H3,(H,23,25). The molecule has 28 heavy (non-hydrogen) atoms. The molecule has 10 heteroatoms. The van der Waals surface area contributed by atoms with Crippen LogP contribution in [0.2, 0.25) is 0 Å². The third-order valence-corrected chi connectivity index (χ3v) is 6.12. The molecule has 1 heterocycles. The second-order valence-corrected chi connectivity index (χ2v) is 9.89. The minimum atomic E-state index is -5.69. The van der Waals surface area contributed by atoms with Crippen molar-refractivity contribution < 1.29 is 30.8 Å². The Morgan fingerprint density at radius 1 is 1.25 bits per heavy atom. The van der Waals surface area contributed by atoms with Gasteiger partial charge in [0.1, 0.15) is 10.7 Å². The molecule has 1 atom stereocenters. The molecule has 1 aliphatic heterocycles. The highest BCUT2D eigenvalue weighted by atomic mass is 32.2. The summed E-state index contributed by atoms with van der Waals surface area (Å²) in [6, 6.07) is 2.41. The van der Waals surface area contributed by atoms with Crippen molar-refractivity contribution in [1.82, 2.24) is 5.32 Å². The van der Waals surface area contributed by atoms with Crippen molar-refractivity contribution in [3.8, 4) is 0 Å². The van der Waals surface area contributed by atoms with Gasteiger partial charge in [-0.1, -0.05) is 20.8 Å². The Bertz CT molecular complexity index is 832. The van der Waals surface area contributed by atoms with E-state index in [9.17, 15) is 30.8 Å². The largest absolute Gasteiger partial charge is 0.501 e. The van der Waals surface area contributed by atoms with Crippen molar-refractivity contribution in [3.05, 3.63) is 24.0 Å². The van der Waals surface area contributed by atoms with Crippen LogP contribution in [0.4, 0.5) is 23.2 Å². The first-order chi connectivity index (χ1) is 12.7. The van der Waals surface area contributed by atoms with Gasteiger partial charge in [0.15, 0.2) is 0 Å². The number of hydrogen-bond acceptors (Lipinski definition) is 4. The number of sulfone groups is 1. The van der Waals surface area contributed by atoms with Gasteiger partial charge in [-0.2, -0.15) is 13.2 Å². The van der Waals surface area contributed by atoms with Crippen LogP contribution in [0.5, 0.6) is 0 Å². The Hall–Kier alpha value is -1.84. The van der Waals surface area contributed by atoms with Crippen LogP contribution in [-0.4, -0.2) is 39.5 Å². The van der Waals surface area contributed by atoms with E-state index in [1.165, 1.54) is 4.90 Å². The van der Waals surface area contributed by atoms with E-state index in [1.807, 2.05) is 0 Å². The van der Waals surface area contributed by atoms with Crippen LogP contribution in [0.1, 0.15) is 33.6 Å². The van der Waals surface area contributed by atoms with E-state index in [-0.39, 0.29) is 24.1 Å². The number of carbonyl (C=O) groups excluding carboxylic acids is 1. The number of nitrogens with zero attached hydrogens (tertiary/aromatic N) is 1. The summed E-state index contributed by atoms with van der Waals surface area (Å²) in [6.45, 7) is 6.23. The number of piperidine rings is 1. The lowest BCUT2D eigenvalue weighted by molar-refractivity contribution is -0.128. The summed E-state index contributed by atoms with van der Waals surface area (Å²) in [5, 5.41) is 2.82.